The van der Waals surface area contributed by atoms with Crippen molar-refractivity contribution in [3.8, 4) is 5.75 Å². The van der Waals surface area contributed by atoms with Crippen LogP contribution in [0.5, 0.6) is 5.75 Å². The molecule has 0 bridgehead atoms. The van der Waals surface area contributed by atoms with E-state index in [1.54, 1.807) is 4.90 Å². The van der Waals surface area contributed by atoms with E-state index in [4.69, 9.17) is 4.74 Å². The molecule has 2 saturated heterocycles. The number of hydrogen-bond donors (Lipinski definition) is 1. The van der Waals surface area contributed by atoms with E-state index < -0.39 is 11.4 Å². The molecule has 140 valence electrons. The molecular formula is C20H26N2O4. The Morgan fingerprint density at radius 2 is 1.96 bits per heavy atom. The van der Waals surface area contributed by atoms with Gasteiger partial charge in [-0.1, -0.05) is 24.6 Å². The first-order chi connectivity index (χ1) is 12.6. The highest BCUT2D eigenvalue weighted by molar-refractivity contribution is 5.83. The van der Waals surface area contributed by atoms with Crippen LogP contribution in [0.3, 0.4) is 0 Å². The number of aliphatic carboxylic acids is 1. The van der Waals surface area contributed by atoms with Gasteiger partial charge in [0.15, 0.2) is 0 Å². The summed E-state index contributed by atoms with van der Waals surface area (Å²) in [6, 6.07) is 7.60. The van der Waals surface area contributed by atoms with E-state index in [1.165, 1.54) is 19.3 Å². The minimum Gasteiger partial charge on any atom is -0.492 e. The molecule has 3 aliphatic rings. The van der Waals surface area contributed by atoms with Crippen LogP contribution >= 0.6 is 0 Å². The lowest BCUT2D eigenvalue weighted by Crippen LogP contribution is -2.46. The molecule has 0 radical (unpaired) electrons. The summed E-state index contributed by atoms with van der Waals surface area (Å²) in [5.74, 6) is -0.271. The maximum atomic E-state index is 12.8. The molecule has 0 saturated carbocycles. The van der Waals surface area contributed by atoms with E-state index >= 15 is 0 Å². The van der Waals surface area contributed by atoms with Crippen LogP contribution in [0, 0.1) is 5.41 Å². The van der Waals surface area contributed by atoms with E-state index in [2.05, 4.69) is 4.90 Å². The number of likely N-dealkylation sites (tertiary alicyclic amines) is 2. The van der Waals surface area contributed by atoms with E-state index in [9.17, 15) is 14.7 Å². The molecule has 0 aliphatic carbocycles. The molecule has 1 aromatic rings. The lowest BCUT2D eigenvalue weighted by atomic mass is 9.73. The van der Waals surface area contributed by atoms with Gasteiger partial charge in [-0.05, 0) is 32.0 Å². The van der Waals surface area contributed by atoms with Crippen LogP contribution in [0.15, 0.2) is 24.3 Å². The third-order valence-electron chi connectivity index (χ3n) is 6.19. The smallest absolute Gasteiger partial charge is 0.315 e. The van der Waals surface area contributed by atoms with Crippen molar-refractivity contribution in [2.45, 2.75) is 31.6 Å². The first kappa shape index (κ1) is 17.3. The zero-order valence-electron chi connectivity index (χ0n) is 15.0. The number of fused-ring (bicyclic) bond motifs is 3. The van der Waals surface area contributed by atoms with Crippen molar-refractivity contribution in [2.75, 3.05) is 39.3 Å². The average Bonchev–Trinajstić information content (AvgIpc) is 3.09. The molecule has 6 nitrogen and oxygen atoms in total. The first-order valence-corrected chi connectivity index (χ1v) is 9.55. The molecule has 0 unspecified atom stereocenters. The topological polar surface area (TPSA) is 70.1 Å². The molecule has 0 spiro atoms. The summed E-state index contributed by atoms with van der Waals surface area (Å²) < 4.78 is 5.76. The van der Waals surface area contributed by atoms with Crippen molar-refractivity contribution in [3.05, 3.63) is 29.8 Å². The highest BCUT2D eigenvalue weighted by Crippen LogP contribution is 2.49. The third kappa shape index (κ3) is 2.96. The third-order valence-corrected chi connectivity index (χ3v) is 6.19. The van der Waals surface area contributed by atoms with Crippen LogP contribution in [-0.4, -0.2) is 66.1 Å². The second-order valence-corrected chi connectivity index (χ2v) is 7.77. The van der Waals surface area contributed by atoms with Gasteiger partial charge in [0.2, 0.25) is 5.91 Å². The molecule has 2 fully saturated rings. The number of carboxylic acids is 1. The number of hydrogen-bond acceptors (Lipinski definition) is 4. The van der Waals surface area contributed by atoms with Crippen molar-refractivity contribution in [1.29, 1.82) is 0 Å². The van der Waals surface area contributed by atoms with Crippen molar-refractivity contribution in [1.82, 2.24) is 9.80 Å². The minimum absolute atomic E-state index is 0.0584. The SMILES string of the molecule is O=C(CCN1CCCCC1)N1C[C@@H]2c3ccccc3OC[C@]2(C(=O)O)C1. The van der Waals surface area contributed by atoms with Gasteiger partial charge in [0.05, 0.1) is 0 Å². The Morgan fingerprint density at radius 1 is 1.19 bits per heavy atom. The van der Waals surface area contributed by atoms with Crippen LogP contribution in [0.4, 0.5) is 0 Å². The Hall–Kier alpha value is -2.08. The van der Waals surface area contributed by atoms with Gasteiger partial charge < -0.3 is 19.6 Å². The van der Waals surface area contributed by atoms with Gasteiger partial charge in [0.25, 0.3) is 0 Å². The second-order valence-electron chi connectivity index (χ2n) is 7.77. The number of carbonyl (C=O) groups excluding carboxylic acids is 1. The van der Waals surface area contributed by atoms with Gasteiger partial charge >= 0.3 is 5.97 Å². The highest BCUT2D eigenvalue weighted by atomic mass is 16.5. The van der Waals surface area contributed by atoms with Gasteiger partial charge in [-0.2, -0.15) is 0 Å². The van der Waals surface area contributed by atoms with Gasteiger partial charge in [-0.15, -0.1) is 0 Å². The minimum atomic E-state index is -1.03. The quantitative estimate of drug-likeness (QED) is 0.891. The molecule has 1 amide bonds. The summed E-state index contributed by atoms with van der Waals surface area (Å²) in [5, 5.41) is 9.93. The number of benzene rings is 1. The van der Waals surface area contributed by atoms with Gasteiger partial charge in [-0.3, -0.25) is 9.59 Å². The maximum Gasteiger partial charge on any atom is 0.315 e. The molecule has 1 aromatic carbocycles. The molecule has 2 atom stereocenters. The molecule has 3 heterocycles. The summed E-state index contributed by atoms with van der Waals surface area (Å²) in [7, 11) is 0. The number of carboxylic acid groups (broad SMARTS) is 1. The standard InChI is InChI=1S/C20H26N2O4/c23-18(8-11-21-9-4-1-5-10-21)22-12-16-15-6-2-3-7-17(15)26-14-20(16,13-22)19(24)25/h2-3,6-7,16H,1,4-5,8-14H2,(H,24,25)/t16-,20-/m1/s1. The van der Waals surface area contributed by atoms with Crippen LogP contribution < -0.4 is 4.74 Å². The largest absolute Gasteiger partial charge is 0.492 e. The summed E-state index contributed by atoms with van der Waals surface area (Å²) in [6.07, 6.45) is 4.15. The molecular weight excluding hydrogens is 332 g/mol. The Bertz CT molecular complexity index is 701. The summed E-state index contributed by atoms with van der Waals surface area (Å²) >= 11 is 0. The number of carbonyl (C=O) groups is 2. The second kappa shape index (κ2) is 6.91. The molecule has 3 aliphatic heterocycles. The average molecular weight is 358 g/mol. The zero-order chi connectivity index (χ0) is 18.1. The fraction of sp³-hybridized carbons (Fsp3) is 0.600. The van der Waals surface area contributed by atoms with E-state index in [0.29, 0.717) is 13.0 Å². The lowest BCUT2D eigenvalue weighted by molar-refractivity contribution is -0.152. The number of para-hydroxylation sites is 1. The fourth-order valence-corrected chi connectivity index (χ4v) is 4.62. The van der Waals surface area contributed by atoms with E-state index in [0.717, 1.165) is 30.9 Å². The van der Waals surface area contributed by atoms with Crippen molar-refractivity contribution >= 4 is 11.9 Å². The molecule has 4 rings (SSSR count). The van der Waals surface area contributed by atoms with Gasteiger partial charge in [0, 0.05) is 37.5 Å². The number of amides is 1. The Kier molecular flexibility index (Phi) is 4.61. The van der Waals surface area contributed by atoms with Crippen molar-refractivity contribution < 1.29 is 19.4 Å². The normalized spacial score (nSPS) is 28.2. The number of nitrogens with zero attached hydrogens (tertiary/aromatic N) is 2. The Labute approximate surface area is 153 Å². The number of ether oxygens (including phenoxy) is 1. The first-order valence-electron chi connectivity index (χ1n) is 9.55. The van der Waals surface area contributed by atoms with Crippen LogP contribution in [0.2, 0.25) is 0 Å². The summed E-state index contributed by atoms with van der Waals surface area (Å²) in [4.78, 5) is 29.0. The van der Waals surface area contributed by atoms with Gasteiger partial charge in [0.1, 0.15) is 17.8 Å². The molecule has 6 heteroatoms. The van der Waals surface area contributed by atoms with Crippen molar-refractivity contribution in [3.63, 3.8) is 0 Å². The number of piperidine rings is 1. The van der Waals surface area contributed by atoms with E-state index in [-0.39, 0.29) is 25.0 Å². The fourth-order valence-electron chi connectivity index (χ4n) is 4.62. The Balaban J connectivity index is 1.48. The summed E-state index contributed by atoms with van der Waals surface area (Å²) in [5.41, 5.74) is -0.123. The maximum absolute atomic E-state index is 12.8. The van der Waals surface area contributed by atoms with Crippen LogP contribution in [-0.2, 0) is 9.59 Å². The van der Waals surface area contributed by atoms with Crippen LogP contribution in [0.25, 0.3) is 0 Å². The summed E-state index contributed by atoms with van der Waals surface area (Å²) in [6.45, 7) is 3.73. The predicted octanol–water partition coefficient (Wildman–Crippen LogP) is 1.95. The zero-order valence-corrected chi connectivity index (χ0v) is 15.0. The molecule has 26 heavy (non-hydrogen) atoms. The Morgan fingerprint density at radius 3 is 2.73 bits per heavy atom. The monoisotopic (exact) mass is 358 g/mol. The van der Waals surface area contributed by atoms with Gasteiger partial charge in [-0.25, -0.2) is 0 Å². The lowest BCUT2D eigenvalue weighted by Gasteiger charge is -2.35. The van der Waals surface area contributed by atoms with Crippen molar-refractivity contribution in [2.24, 2.45) is 5.41 Å². The highest BCUT2D eigenvalue weighted by Gasteiger charge is 2.57. The molecule has 1 N–H and O–H groups in total. The predicted molar refractivity (Wildman–Crippen MR) is 96.2 cm³/mol. The van der Waals surface area contributed by atoms with Crippen LogP contribution in [0.1, 0.15) is 37.2 Å². The van der Waals surface area contributed by atoms with E-state index in [1.807, 2.05) is 24.3 Å². The number of rotatable bonds is 4. The molecule has 0 aromatic heterocycles.